The van der Waals surface area contributed by atoms with Gasteiger partial charge in [0.05, 0.1) is 27.9 Å². The molecule has 0 bridgehead atoms. The van der Waals surface area contributed by atoms with Crippen LogP contribution in [0.15, 0.2) is 48.7 Å². The summed E-state index contributed by atoms with van der Waals surface area (Å²) in [5.74, 6) is 0.297. The van der Waals surface area contributed by atoms with Gasteiger partial charge >= 0.3 is 0 Å². The Balaban J connectivity index is 1.94. The van der Waals surface area contributed by atoms with Crippen molar-refractivity contribution in [2.24, 2.45) is 5.92 Å². The minimum atomic E-state index is -0.0112. The smallest absolute Gasteiger partial charge is 0.224 e. The van der Waals surface area contributed by atoms with E-state index in [9.17, 15) is 4.79 Å². The molecule has 0 radical (unpaired) electrons. The number of carbonyl (C=O) groups is 1. The predicted molar refractivity (Wildman–Crippen MR) is 98.1 cm³/mol. The fourth-order valence-corrected chi connectivity index (χ4v) is 2.68. The zero-order valence-corrected chi connectivity index (χ0v) is 14.3. The Morgan fingerprint density at radius 3 is 2.67 bits per heavy atom. The van der Waals surface area contributed by atoms with Gasteiger partial charge in [-0.05, 0) is 36.2 Å². The van der Waals surface area contributed by atoms with Gasteiger partial charge in [0.15, 0.2) is 0 Å². The highest BCUT2D eigenvalue weighted by atomic mass is 35.5. The second kappa shape index (κ2) is 6.97. The summed E-state index contributed by atoms with van der Waals surface area (Å²) in [6.07, 6.45) is 2.18. The van der Waals surface area contributed by atoms with Crippen LogP contribution >= 0.6 is 11.6 Å². The van der Waals surface area contributed by atoms with Crippen molar-refractivity contribution in [1.29, 1.82) is 0 Å². The van der Waals surface area contributed by atoms with Crippen LogP contribution in [0.5, 0.6) is 0 Å². The van der Waals surface area contributed by atoms with E-state index < -0.39 is 0 Å². The SMILES string of the molecule is CC(C)CC(=O)Nc1ccc(Cl)c(-c2cnc3ccccc3n2)c1. The Morgan fingerprint density at radius 1 is 1.17 bits per heavy atom. The molecular weight excluding hydrogens is 322 g/mol. The Kier molecular flexibility index (Phi) is 4.76. The van der Waals surface area contributed by atoms with Gasteiger partial charge < -0.3 is 5.32 Å². The molecule has 5 heteroatoms. The summed E-state index contributed by atoms with van der Waals surface area (Å²) in [5.41, 5.74) is 3.77. The summed E-state index contributed by atoms with van der Waals surface area (Å²) in [6, 6.07) is 13.1. The number of anilines is 1. The van der Waals surface area contributed by atoms with Gasteiger partial charge in [-0.25, -0.2) is 4.98 Å². The van der Waals surface area contributed by atoms with Crippen molar-refractivity contribution in [3.05, 3.63) is 53.7 Å². The quantitative estimate of drug-likeness (QED) is 0.732. The standard InChI is InChI=1S/C19H18ClN3O/c1-12(2)9-19(24)22-13-7-8-15(20)14(10-13)18-11-21-16-5-3-4-6-17(16)23-18/h3-8,10-12H,9H2,1-2H3,(H,22,24). The molecule has 0 aliphatic carbocycles. The second-order valence-corrected chi connectivity index (χ2v) is 6.49. The molecule has 1 aromatic heterocycles. The number of fused-ring (bicyclic) bond motifs is 1. The molecule has 1 N–H and O–H groups in total. The molecule has 0 aliphatic rings. The van der Waals surface area contributed by atoms with Crippen molar-refractivity contribution < 1.29 is 4.79 Å². The van der Waals surface area contributed by atoms with Crippen LogP contribution in [0.4, 0.5) is 5.69 Å². The largest absolute Gasteiger partial charge is 0.326 e. The second-order valence-electron chi connectivity index (χ2n) is 6.08. The third-order valence-electron chi connectivity index (χ3n) is 3.57. The van der Waals surface area contributed by atoms with Crippen LogP contribution in [0.3, 0.4) is 0 Å². The number of para-hydroxylation sites is 2. The first kappa shape index (κ1) is 16.4. The van der Waals surface area contributed by atoms with Crippen LogP contribution in [-0.4, -0.2) is 15.9 Å². The van der Waals surface area contributed by atoms with Gasteiger partial charge in [0.1, 0.15) is 0 Å². The van der Waals surface area contributed by atoms with E-state index in [2.05, 4.69) is 15.3 Å². The van der Waals surface area contributed by atoms with Gasteiger partial charge in [-0.3, -0.25) is 9.78 Å². The number of rotatable bonds is 4. The number of nitrogens with one attached hydrogen (secondary N) is 1. The van der Waals surface area contributed by atoms with Gasteiger partial charge in [0.2, 0.25) is 5.91 Å². The average Bonchev–Trinajstić information content (AvgIpc) is 2.55. The fraction of sp³-hybridized carbons (Fsp3) is 0.211. The minimum Gasteiger partial charge on any atom is -0.326 e. The Hall–Kier alpha value is -2.46. The molecule has 3 rings (SSSR count). The first-order chi connectivity index (χ1) is 11.5. The average molecular weight is 340 g/mol. The van der Waals surface area contributed by atoms with Crippen molar-refractivity contribution in [2.75, 3.05) is 5.32 Å². The zero-order valence-electron chi connectivity index (χ0n) is 13.6. The monoisotopic (exact) mass is 339 g/mol. The fourth-order valence-electron chi connectivity index (χ4n) is 2.47. The van der Waals surface area contributed by atoms with Crippen molar-refractivity contribution in [3.8, 4) is 11.3 Å². The molecular formula is C19H18ClN3O. The molecule has 1 heterocycles. The van der Waals surface area contributed by atoms with Gasteiger partial charge in [-0.15, -0.1) is 0 Å². The van der Waals surface area contributed by atoms with E-state index in [1.165, 1.54) is 0 Å². The molecule has 0 saturated heterocycles. The summed E-state index contributed by atoms with van der Waals surface area (Å²) in [4.78, 5) is 21.0. The highest BCUT2D eigenvalue weighted by molar-refractivity contribution is 6.33. The predicted octanol–water partition coefficient (Wildman–Crippen LogP) is 4.93. The molecule has 0 aliphatic heterocycles. The maximum absolute atomic E-state index is 12.0. The first-order valence-corrected chi connectivity index (χ1v) is 8.22. The number of hydrogen-bond acceptors (Lipinski definition) is 3. The molecule has 2 aromatic carbocycles. The van der Waals surface area contributed by atoms with E-state index in [0.29, 0.717) is 28.7 Å². The number of carbonyl (C=O) groups excluding carboxylic acids is 1. The molecule has 1 amide bonds. The lowest BCUT2D eigenvalue weighted by atomic mass is 10.1. The molecule has 4 nitrogen and oxygen atoms in total. The van der Waals surface area contributed by atoms with E-state index >= 15 is 0 Å². The van der Waals surface area contributed by atoms with Gasteiger partial charge in [-0.1, -0.05) is 37.6 Å². The van der Waals surface area contributed by atoms with Crippen molar-refractivity contribution in [2.45, 2.75) is 20.3 Å². The number of halogens is 1. The highest BCUT2D eigenvalue weighted by Crippen LogP contribution is 2.30. The lowest BCUT2D eigenvalue weighted by Gasteiger charge is -2.10. The van der Waals surface area contributed by atoms with Crippen molar-refractivity contribution in [3.63, 3.8) is 0 Å². The van der Waals surface area contributed by atoms with Crippen LogP contribution in [-0.2, 0) is 4.79 Å². The lowest BCUT2D eigenvalue weighted by Crippen LogP contribution is -2.13. The van der Waals surface area contributed by atoms with E-state index in [4.69, 9.17) is 11.6 Å². The summed E-state index contributed by atoms with van der Waals surface area (Å²) < 4.78 is 0. The molecule has 122 valence electrons. The Labute approximate surface area is 145 Å². The number of benzene rings is 2. The number of hydrogen-bond donors (Lipinski definition) is 1. The summed E-state index contributed by atoms with van der Waals surface area (Å²) in [6.45, 7) is 4.02. The van der Waals surface area contributed by atoms with Crippen LogP contribution in [0.2, 0.25) is 5.02 Å². The van der Waals surface area contributed by atoms with Crippen LogP contribution in [0, 0.1) is 5.92 Å². The van der Waals surface area contributed by atoms with Crippen LogP contribution < -0.4 is 5.32 Å². The van der Waals surface area contributed by atoms with E-state index in [0.717, 1.165) is 16.6 Å². The molecule has 0 unspecified atom stereocenters. The lowest BCUT2D eigenvalue weighted by molar-refractivity contribution is -0.116. The molecule has 24 heavy (non-hydrogen) atoms. The van der Waals surface area contributed by atoms with Crippen molar-refractivity contribution >= 4 is 34.2 Å². The minimum absolute atomic E-state index is 0.0112. The molecule has 0 spiro atoms. The molecule has 0 atom stereocenters. The third-order valence-corrected chi connectivity index (χ3v) is 3.90. The summed E-state index contributed by atoms with van der Waals surface area (Å²) in [7, 11) is 0. The van der Waals surface area contributed by atoms with Gasteiger partial charge in [-0.2, -0.15) is 0 Å². The van der Waals surface area contributed by atoms with E-state index in [-0.39, 0.29) is 5.91 Å². The third kappa shape index (κ3) is 3.71. The van der Waals surface area contributed by atoms with Gasteiger partial charge in [0.25, 0.3) is 0 Å². The van der Waals surface area contributed by atoms with E-state index in [1.54, 1.807) is 18.3 Å². The molecule has 0 fully saturated rings. The summed E-state index contributed by atoms with van der Waals surface area (Å²) >= 11 is 6.32. The number of amides is 1. The maximum Gasteiger partial charge on any atom is 0.224 e. The first-order valence-electron chi connectivity index (χ1n) is 7.84. The van der Waals surface area contributed by atoms with Crippen LogP contribution in [0.25, 0.3) is 22.3 Å². The normalized spacial score (nSPS) is 11.0. The Morgan fingerprint density at radius 2 is 1.92 bits per heavy atom. The number of nitrogens with zero attached hydrogens (tertiary/aromatic N) is 2. The number of aromatic nitrogens is 2. The molecule has 3 aromatic rings. The van der Waals surface area contributed by atoms with Gasteiger partial charge in [0, 0.05) is 17.7 Å². The van der Waals surface area contributed by atoms with E-state index in [1.807, 2.05) is 44.2 Å². The maximum atomic E-state index is 12.0. The topological polar surface area (TPSA) is 54.9 Å². The summed E-state index contributed by atoms with van der Waals surface area (Å²) in [5, 5.41) is 3.47. The van der Waals surface area contributed by atoms with Crippen molar-refractivity contribution in [1.82, 2.24) is 9.97 Å². The highest BCUT2D eigenvalue weighted by Gasteiger charge is 2.10. The van der Waals surface area contributed by atoms with Crippen LogP contribution in [0.1, 0.15) is 20.3 Å². The Bertz CT molecular complexity index is 893. The molecule has 0 saturated carbocycles. The zero-order chi connectivity index (χ0) is 17.1.